The maximum Gasteiger partial charge on any atom is 0.416 e. The molecule has 0 aliphatic heterocycles. The summed E-state index contributed by atoms with van der Waals surface area (Å²) in [7, 11) is 1.42. The molecule has 5 heteroatoms. The van der Waals surface area contributed by atoms with Gasteiger partial charge in [-0.2, -0.15) is 13.2 Å². The monoisotopic (exact) mass is 176 g/mol. The van der Waals surface area contributed by atoms with E-state index in [9.17, 15) is 17.6 Å². The van der Waals surface area contributed by atoms with E-state index in [0.29, 0.717) is 6.07 Å². The van der Waals surface area contributed by atoms with Crippen LogP contribution in [0.1, 0.15) is 5.56 Å². The number of rotatable bonds is 0. The van der Waals surface area contributed by atoms with E-state index in [2.05, 4.69) is 0 Å². The van der Waals surface area contributed by atoms with Gasteiger partial charge in [0.2, 0.25) is 0 Å². The summed E-state index contributed by atoms with van der Waals surface area (Å²) in [6.07, 6.45) is -4.47. The number of alkyl halides is 3. The molecule has 0 radical (unpaired) electrons. The lowest BCUT2D eigenvalue weighted by atomic mass is 9.94. The first-order chi connectivity index (χ1) is 5.39. The van der Waals surface area contributed by atoms with E-state index in [1.807, 2.05) is 0 Å². The summed E-state index contributed by atoms with van der Waals surface area (Å²) >= 11 is 0. The molecule has 64 valence electrons. The Morgan fingerprint density at radius 3 is 2.08 bits per heavy atom. The van der Waals surface area contributed by atoms with E-state index in [1.165, 1.54) is 7.85 Å². The standard InChI is InChI=1S/C7H5BF4/c8-5-1-4(7(10,11)12)2-6(9)3-5/h1-3H,8H2. The molecule has 0 saturated heterocycles. The molecule has 0 atom stereocenters. The van der Waals surface area contributed by atoms with Crippen LogP contribution in [0.4, 0.5) is 17.6 Å². The Balaban J connectivity index is 3.18. The van der Waals surface area contributed by atoms with E-state index in [4.69, 9.17) is 0 Å². The number of hydrogen-bond acceptors (Lipinski definition) is 0. The van der Waals surface area contributed by atoms with Gasteiger partial charge < -0.3 is 0 Å². The Morgan fingerprint density at radius 1 is 1.08 bits per heavy atom. The molecule has 0 spiro atoms. The minimum atomic E-state index is -4.47. The summed E-state index contributed by atoms with van der Waals surface area (Å²) in [5.74, 6) is -0.859. The topological polar surface area (TPSA) is 0 Å². The van der Waals surface area contributed by atoms with Crippen LogP contribution in [0, 0.1) is 5.82 Å². The summed E-state index contributed by atoms with van der Waals surface area (Å²) in [5.41, 5.74) is -0.678. The molecule has 0 unspecified atom stereocenters. The van der Waals surface area contributed by atoms with Crippen LogP contribution < -0.4 is 5.46 Å². The SMILES string of the molecule is Bc1cc(F)cc(C(F)(F)F)c1. The zero-order valence-corrected chi connectivity index (χ0v) is 6.24. The lowest BCUT2D eigenvalue weighted by Gasteiger charge is -2.06. The maximum absolute atomic E-state index is 12.5. The molecule has 0 aliphatic carbocycles. The van der Waals surface area contributed by atoms with Crippen LogP contribution in [-0.2, 0) is 6.18 Å². The lowest BCUT2D eigenvalue weighted by Crippen LogP contribution is -2.12. The van der Waals surface area contributed by atoms with E-state index in [0.717, 1.165) is 12.1 Å². The van der Waals surface area contributed by atoms with E-state index in [-0.39, 0.29) is 5.46 Å². The zero-order valence-electron chi connectivity index (χ0n) is 6.24. The highest BCUT2D eigenvalue weighted by molar-refractivity contribution is 6.32. The van der Waals surface area contributed by atoms with Crippen molar-refractivity contribution in [3.63, 3.8) is 0 Å². The van der Waals surface area contributed by atoms with Gasteiger partial charge in [0.15, 0.2) is 0 Å². The Labute approximate surface area is 67.6 Å². The minimum absolute atomic E-state index is 0.266. The van der Waals surface area contributed by atoms with Crippen molar-refractivity contribution in [2.75, 3.05) is 0 Å². The quantitative estimate of drug-likeness (QED) is 0.410. The lowest BCUT2D eigenvalue weighted by molar-refractivity contribution is -0.137. The predicted molar refractivity (Wildman–Crippen MR) is 39.6 cm³/mol. The fourth-order valence-corrected chi connectivity index (χ4v) is 0.900. The summed E-state index contributed by atoms with van der Waals surface area (Å²) in [4.78, 5) is 0. The fraction of sp³-hybridized carbons (Fsp3) is 0.143. The first-order valence-corrected chi connectivity index (χ1v) is 3.24. The van der Waals surface area contributed by atoms with Crippen LogP contribution in [0.3, 0.4) is 0 Å². The van der Waals surface area contributed by atoms with Gasteiger partial charge in [0.1, 0.15) is 13.7 Å². The molecule has 0 aromatic heterocycles. The van der Waals surface area contributed by atoms with Crippen molar-refractivity contribution in [3.05, 3.63) is 29.6 Å². The molecule has 0 fully saturated rings. The Kier molecular flexibility index (Phi) is 2.13. The van der Waals surface area contributed by atoms with Gasteiger partial charge in [0.05, 0.1) is 5.56 Å². The second-order valence-electron chi connectivity index (χ2n) is 2.52. The Morgan fingerprint density at radius 2 is 1.67 bits per heavy atom. The first kappa shape index (κ1) is 9.10. The second kappa shape index (κ2) is 2.81. The zero-order chi connectivity index (χ0) is 9.35. The summed E-state index contributed by atoms with van der Waals surface area (Å²) in [6.45, 7) is 0. The van der Waals surface area contributed by atoms with E-state index < -0.39 is 17.6 Å². The minimum Gasteiger partial charge on any atom is -0.207 e. The molecule has 1 aromatic carbocycles. The van der Waals surface area contributed by atoms with E-state index >= 15 is 0 Å². The van der Waals surface area contributed by atoms with Crippen molar-refractivity contribution in [1.82, 2.24) is 0 Å². The largest absolute Gasteiger partial charge is 0.416 e. The highest BCUT2D eigenvalue weighted by atomic mass is 19.4. The van der Waals surface area contributed by atoms with Crippen LogP contribution in [0.5, 0.6) is 0 Å². The fourth-order valence-electron chi connectivity index (χ4n) is 0.900. The molecule has 0 saturated carbocycles. The Hall–Kier alpha value is -0.995. The number of benzene rings is 1. The normalized spacial score (nSPS) is 11.7. The van der Waals surface area contributed by atoms with Crippen LogP contribution in [0.25, 0.3) is 0 Å². The van der Waals surface area contributed by atoms with Gasteiger partial charge in [-0.1, -0.05) is 11.5 Å². The van der Waals surface area contributed by atoms with Crippen molar-refractivity contribution in [2.24, 2.45) is 0 Å². The first-order valence-electron chi connectivity index (χ1n) is 3.24. The average Bonchev–Trinajstić information content (AvgIpc) is 1.82. The van der Waals surface area contributed by atoms with Crippen LogP contribution in [0.2, 0.25) is 0 Å². The van der Waals surface area contributed by atoms with Crippen molar-refractivity contribution < 1.29 is 17.6 Å². The summed E-state index contributed by atoms with van der Waals surface area (Å²) < 4.78 is 48.4. The average molecular weight is 176 g/mol. The third kappa shape index (κ3) is 2.00. The van der Waals surface area contributed by atoms with Gasteiger partial charge in [-0.3, -0.25) is 0 Å². The highest BCUT2D eigenvalue weighted by Gasteiger charge is 2.30. The third-order valence-electron chi connectivity index (χ3n) is 1.37. The molecular formula is C7H5BF4. The summed E-state index contributed by atoms with van der Waals surface area (Å²) in [6, 6.07) is 2.44. The molecule has 1 aromatic rings. The summed E-state index contributed by atoms with van der Waals surface area (Å²) in [5, 5.41) is 0. The van der Waals surface area contributed by atoms with Gasteiger partial charge >= 0.3 is 6.18 Å². The number of hydrogen-bond donors (Lipinski definition) is 0. The smallest absolute Gasteiger partial charge is 0.207 e. The molecule has 0 bridgehead atoms. The van der Waals surface area contributed by atoms with Crippen molar-refractivity contribution in [2.45, 2.75) is 6.18 Å². The molecule has 0 N–H and O–H groups in total. The molecule has 0 heterocycles. The van der Waals surface area contributed by atoms with Crippen molar-refractivity contribution in [1.29, 1.82) is 0 Å². The van der Waals surface area contributed by atoms with Gasteiger partial charge in [-0.25, -0.2) is 4.39 Å². The third-order valence-corrected chi connectivity index (χ3v) is 1.37. The predicted octanol–water partition coefficient (Wildman–Crippen LogP) is 1.10. The van der Waals surface area contributed by atoms with Crippen molar-refractivity contribution >= 4 is 13.3 Å². The molecule has 1 rings (SSSR count). The molecule has 0 amide bonds. The highest BCUT2D eigenvalue weighted by Crippen LogP contribution is 2.28. The van der Waals surface area contributed by atoms with Crippen LogP contribution >= 0.6 is 0 Å². The van der Waals surface area contributed by atoms with Crippen LogP contribution in [-0.4, -0.2) is 7.85 Å². The number of halogens is 4. The molecule has 0 aliphatic rings. The van der Waals surface area contributed by atoms with Gasteiger partial charge in [0.25, 0.3) is 0 Å². The van der Waals surface area contributed by atoms with Gasteiger partial charge in [-0.05, 0) is 12.1 Å². The second-order valence-corrected chi connectivity index (χ2v) is 2.52. The van der Waals surface area contributed by atoms with E-state index in [1.54, 1.807) is 0 Å². The van der Waals surface area contributed by atoms with Crippen LogP contribution in [0.15, 0.2) is 18.2 Å². The van der Waals surface area contributed by atoms with Crippen molar-refractivity contribution in [3.8, 4) is 0 Å². The van der Waals surface area contributed by atoms with Gasteiger partial charge in [0, 0.05) is 0 Å². The van der Waals surface area contributed by atoms with Gasteiger partial charge in [-0.15, -0.1) is 0 Å². The molecular weight excluding hydrogens is 171 g/mol. The molecule has 12 heavy (non-hydrogen) atoms. The molecule has 0 nitrogen and oxygen atoms in total. The Bertz CT molecular complexity index is 272. The maximum atomic E-state index is 12.5.